The molecule has 0 radical (unpaired) electrons. The second kappa shape index (κ2) is 8.30. The van der Waals surface area contributed by atoms with Gasteiger partial charge >= 0.3 is 0 Å². The molecule has 0 spiro atoms. The quantitative estimate of drug-likeness (QED) is 0.790. The summed E-state index contributed by atoms with van der Waals surface area (Å²) in [6.45, 7) is 5.20. The monoisotopic (exact) mass is 357 g/mol. The maximum absolute atomic E-state index is 12.2. The molecule has 1 N–H and O–H groups in total. The van der Waals surface area contributed by atoms with Crippen molar-refractivity contribution in [2.24, 2.45) is 0 Å². The fourth-order valence-electron chi connectivity index (χ4n) is 2.62. The molecule has 1 heterocycles. The van der Waals surface area contributed by atoms with E-state index in [2.05, 4.69) is 36.5 Å². The van der Waals surface area contributed by atoms with Crippen LogP contribution in [0.25, 0.3) is 0 Å². The molecule has 2 aromatic carbocycles. The highest BCUT2D eigenvalue weighted by Gasteiger charge is 2.15. The maximum atomic E-state index is 12.2. The highest BCUT2D eigenvalue weighted by Crippen LogP contribution is 2.32. The number of fused-ring (bicyclic) bond motifs is 1. The summed E-state index contributed by atoms with van der Waals surface area (Å²) in [6.07, 6.45) is 0.493. The van der Waals surface area contributed by atoms with E-state index < -0.39 is 0 Å². The third-order valence-electron chi connectivity index (χ3n) is 4.06. The van der Waals surface area contributed by atoms with Crippen LogP contribution in [0.2, 0.25) is 0 Å². The van der Waals surface area contributed by atoms with Crippen LogP contribution in [0, 0.1) is 6.92 Å². The van der Waals surface area contributed by atoms with E-state index in [1.54, 1.807) is 11.8 Å². The molecule has 0 saturated heterocycles. The molecule has 1 atom stereocenters. The third-order valence-corrected chi connectivity index (χ3v) is 5.08. The summed E-state index contributed by atoms with van der Waals surface area (Å²) >= 11 is 1.70. The average Bonchev–Trinajstić information content (AvgIpc) is 2.63. The van der Waals surface area contributed by atoms with Gasteiger partial charge in [0.25, 0.3) is 0 Å². The Kier molecular flexibility index (Phi) is 5.87. The van der Waals surface area contributed by atoms with Gasteiger partial charge in [0.05, 0.1) is 6.04 Å². The zero-order valence-electron chi connectivity index (χ0n) is 14.6. The number of thioether (sulfide) groups is 1. The van der Waals surface area contributed by atoms with E-state index in [1.807, 2.05) is 25.1 Å². The van der Waals surface area contributed by atoms with Gasteiger partial charge in [-0.1, -0.05) is 23.8 Å². The number of nitrogens with one attached hydrogen (secondary N) is 1. The van der Waals surface area contributed by atoms with E-state index in [0.29, 0.717) is 19.6 Å². The van der Waals surface area contributed by atoms with Crippen LogP contribution in [0.4, 0.5) is 0 Å². The maximum Gasteiger partial charge on any atom is 0.221 e. The summed E-state index contributed by atoms with van der Waals surface area (Å²) in [5.41, 5.74) is 2.26. The van der Waals surface area contributed by atoms with Crippen molar-refractivity contribution in [3.8, 4) is 11.5 Å². The summed E-state index contributed by atoms with van der Waals surface area (Å²) in [7, 11) is 0. The van der Waals surface area contributed by atoms with Crippen molar-refractivity contribution in [1.29, 1.82) is 0 Å². The molecule has 2 aromatic rings. The number of hydrogen-bond donors (Lipinski definition) is 1. The topological polar surface area (TPSA) is 47.6 Å². The first-order valence-electron chi connectivity index (χ1n) is 8.50. The number of carbonyl (C=O) groups excluding carboxylic acids is 1. The van der Waals surface area contributed by atoms with Gasteiger partial charge in [-0.3, -0.25) is 4.79 Å². The lowest BCUT2D eigenvalue weighted by Gasteiger charge is -2.21. The van der Waals surface area contributed by atoms with E-state index in [4.69, 9.17) is 9.47 Å². The number of rotatable bonds is 6. The van der Waals surface area contributed by atoms with Crippen LogP contribution in [0.5, 0.6) is 11.5 Å². The van der Waals surface area contributed by atoms with Gasteiger partial charge in [-0.25, -0.2) is 0 Å². The van der Waals surface area contributed by atoms with Gasteiger partial charge < -0.3 is 14.8 Å². The van der Waals surface area contributed by atoms with Crippen LogP contribution in [-0.4, -0.2) is 24.9 Å². The van der Waals surface area contributed by atoms with Crippen molar-refractivity contribution in [1.82, 2.24) is 5.32 Å². The smallest absolute Gasteiger partial charge is 0.221 e. The SMILES string of the molecule is Cc1ccc(SCCC(=O)N[C@@H](C)c2ccc3c(c2)OCCO3)cc1. The summed E-state index contributed by atoms with van der Waals surface area (Å²) in [6, 6.07) is 14.1. The van der Waals surface area contributed by atoms with Gasteiger partial charge in [-0.2, -0.15) is 0 Å². The number of benzene rings is 2. The first-order chi connectivity index (χ1) is 12.1. The molecule has 4 nitrogen and oxygen atoms in total. The molecule has 1 aliphatic rings. The molecule has 1 aliphatic heterocycles. The van der Waals surface area contributed by atoms with Crippen molar-refractivity contribution in [3.05, 3.63) is 53.6 Å². The summed E-state index contributed by atoms with van der Waals surface area (Å²) in [5, 5.41) is 3.05. The Hall–Kier alpha value is -2.14. The lowest BCUT2D eigenvalue weighted by molar-refractivity contribution is -0.121. The van der Waals surface area contributed by atoms with Crippen LogP contribution >= 0.6 is 11.8 Å². The molecule has 3 rings (SSSR count). The van der Waals surface area contributed by atoms with Gasteiger partial charge in [-0.05, 0) is 43.7 Å². The van der Waals surface area contributed by atoms with Gasteiger partial charge in [0.2, 0.25) is 5.91 Å². The summed E-state index contributed by atoms with van der Waals surface area (Å²) < 4.78 is 11.1. The molecule has 0 bridgehead atoms. The fourth-order valence-corrected chi connectivity index (χ4v) is 3.47. The lowest BCUT2D eigenvalue weighted by atomic mass is 10.1. The molecule has 1 amide bonds. The van der Waals surface area contributed by atoms with E-state index >= 15 is 0 Å². The van der Waals surface area contributed by atoms with Crippen molar-refractivity contribution in [2.75, 3.05) is 19.0 Å². The Morgan fingerprint density at radius 1 is 1.12 bits per heavy atom. The molecule has 0 unspecified atom stereocenters. The van der Waals surface area contributed by atoms with Gasteiger partial charge in [0, 0.05) is 17.1 Å². The molecular weight excluding hydrogens is 334 g/mol. The van der Waals surface area contributed by atoms with Crippen LogP contribution in [-0.2, 0) is 4.79 Å². The summed E-state index contributed by atoms with van der Waals surface area (Å²) in [4.78, 5) is 13.4. The highest BCUT2D eigenvalue weighted by atomic mass is 32.2. The van der Waals surface area contributed by atoms with E-state index in [9.17, 15) is 4.79 Å². The van der Waals surface area contributed by atoms with Crippen molar-refractivity contribution in [2.45, 2.75) is 31.2 Å². The van der Waals surface area contributed by atoms with Gasteiger partial charge in [-0.15, -0.1) is 11.8 Å². The van der Waals surface area contributed by atoms with Crippen LogP contribution in [0.3, 0.4) is 0 Å². The molecule has 0 aromatic heterocycles. The standard InChI is InChI=1S/C20H23NO3S/c1-14-3-6-17(7-4-14)25-12-9-20(22)21-15(2)16-5-8-18-19(13-16)24-11-10-23-18/h3-8,13,15H,9-12H2,1-2H3,(H,21,22)/t15-/m0/s1. The minimum atomic E-state index is -0.0623. The first-order valence-corrected chi connectivity index (χ1v) is 9.49. The Morgan fingerprint density at radius 2 is 1.84 bits per heavy atom. The Balaban J connectivity index is 1.48. The van der Waals surface area contributed by atoms with Crippen molar-refractivity contribution < 1.29 is 14.3 Å². The Morgan fingerprint density at radius 3 is 2.60 bits per heavy atom. The van der Waals surface area contributed by atoms with Crippen LogP contribution in [0.1, 0.15) is 30.5 Å². The number of ether oxygens (including phenoxy) is 2. The van der Waals surface area contributed by atoms with E-state index in [-0.39, 0.29) is 11.9 Å². The number of aryl methyl sites for hydroxylation is 1. The predicted molar refractivity (Wildman–Crippen MR) is 101 cm³/mol. The molecule has 5 heteroatoms. The summed E-state index contributed by atoms with van der Waals surface area (Å²) in [5.74, 6) is 2.34. The number of amides is 1. The van der Waals surface area contributed by atoms with E-state index in [1.165, 1.54) is 10.5 Å². The molecule has 0 aliphatic carbocycles. The lowest BCUT2D eigenvalue weighted by Crippen LogP contribution is -2.27. The normalized spacial score (nSPS) is 14.0. The number of carbonyl (C=O) groups is 1. The van der Waals surface area contributed by atoms with Crippen LogP contribution in [0.15, 0.2) is 47.4 Å². The second-order valence-corrected chi connectivity index (χ2v) is 7.27. The van der Waals surface area contributed by atoms with Crippen LogP contribution < -0.4 is 14.8 Å². The second-order valence-electron chi connectivity index (χ2n) is 6.10. The molecule has 0 fully saturated rings. The van der Waals surface area contributed by atoms with Crippen molar-refractivity contribution >= 4 is 17.7 Å². The van der Waals surface area contributed by atoms with Crippen molar-refractivity contribution in [3.63, 3.8) is 0 Å². The minimum absolute atomic E-state index is 0.0574. The average molecular weight is 357 g/mol. The molecule has 132 valence electrons. The highest BCUT2D eigenvalue weighted by molar-refractivity contribution is 7.99. The molecular formula is C20H23NO3S. The zero-order chi connectivity index (χ0) is 17.6. The third kappa shape index (κ3) is 4.92. The van der Waals surface area contributed by atoms with E-state index in [0.717, 1.165) is 22.8 Å². The minimum Gasteiger partial charge on any atom is -0.486 e. The van der Waals surface area contributed by atoms with Gasteiger partial charge in [0.15, 0.2) is 11.5 Å². The largest absolute Gasteiger partial charge is 0.486 e. The molecule has 0 saturated carbocycles. The Bertz CT molecular complexity index is 730. The fraction of sp³-hybridized carbons (Fsp3) is 0.350. The van der Waals surface area contributed by atoms with Gasteiger partial charge in [0.1, 0.15) is 13.2 Å². The first kappa shape index (κ1) is 17.7. The Labute approximate surface area is 152 Å². The zero-order valence-corrected chi connectivity index (χ0v) is 15.4. The predicted octanol–water partition coefficient (Wildman–Crippen LogP) is 4.13. The molecule has 25 heavy (non-hydrogen) atoms. The number of hydrogen-bond acceptors (Lipinski definition) is 4.